The molecule has 0 radical (unpaired) electrons. The Kier molecular flexibility index (Phi) is 6.55. The first-order chi connectivity index (χ1) is 12.3. The van der Waals surface area contributed by atoms with Crippen molar-refractivity contribution in [2.45, 2.75) is 49.0 Å². The van der Waals surface area contributed by atoms with Crippen LogP contribution in [0.25, 0.3) is 0 Å². The van der Waals surface area contributed by atoms with Gasteiger partial charge in [-0.2, -0.15) is 0 Å². The molecule has 1 aromatic rings. The summed E-state index contributed by atoms with van der Waals surface area (Å²) in [6.45, 7) is 3.55. The first-order valence-electron chi connectivity index (χ1n) is 8.57. The van der Waals surface area contributed by atoms with Crippen LogP contribution in [0.5, 0.6) is 0 Å². The van der Waals surface area contributed by atoms with Crippen molar-refractivity contribution in [3.8, 4) is 0 Å². The van der Waals surface area contributed by atoms with Crippen LogP contribution in [-0.2, 0) is 14.8 Å². The highest BCUT2D eigenvalue weighted by molar-refractivity contribution is 7.89. The average molecular weight is 380 g/mol. The van der Waals surface area contributed by atoms with Crippen molar-refractivity contribution >= 4 is 21.9 Å². The van der Waals surface area contributed by atoms with Gasteiger partial charge >= 0.3 is 5.97 Å². The summed E-state index contributed by atoms with van der Waals surface area (Å²) in [5, 5.41) is 12.3. The zero-order valence-corrected chi connectivity index (χ0v) is 15.3. The molecule has 0 bridgehead atoms. The van der Waals surface area contributed by atoms with Gasteiger partial charge in [0.1, 0.15) is 5.54 Å². The topological polar surface area (TPSA) is 113 Å². The van der Waals surface area contributed by atoms with Gasteiger partial charge in [-0.25, -0.2) is 17.9 Å². The molecule has 1 fully saturated rings. The lowest BCUT2D eigenvalue weighted by Gasteiger charge is -2.29. The minimum absolute atomic E-state index is 0.0262. The fourth-order valence-electron chi connectivity index (χ4n) is 3.05. The van der Waals surface area contributed by atoms with Crippen LogP contribution in [0.1, 0.15) is 48.9 Å². The first-order valence-corrected chi connectivity index (χ1v) is 10.1. The minimum Gasteiger partial charge on any atom is -0.480 e. The summed E-state index contributed by atoms with van der Waals surface area (Å²) in [4.78, 5) is 24.3. The summed E-state index contributed by atoms with van der Waals surface area (Å²) < 4.78 is 26.4. The highest BCUT2D eigenvalue weighted by atomic mass is 32.2. The highest BCUT2D eigenvalue weighted by Gasteiger charge is 2.40. The van der Waals surface area contributed by atoms with Crippen LogP contribution in [0, 0.1) is 0 Å². The molecule has 26 heavy (non-hydrogen) atoms. The summed E-state index contributed by atoms with van der Waals surface area (Å²) in [5.41, 5.74) is -1.04. The van der Waals surface area contributed by atoms with E-state index >= 15 is 0 Å². The molecule has 0 spiro atoms. The van der Waals surface area contributed by atoms with Crippen molar-refractivity contribution in [2.75, 3.05) is 6.54 Å². The van der Waals surface area contributed by atoms with Gasteiger partial charge in [0, 0.05) is 12.1 Å². The highest BCUT2D eigenvalue weighted by Crippen LogP contribution is 2.28. The van der Waals surface area contributed by atoms with Gasteiger partial charge in [-0.3, -0.25) is 4.79 Å². The number of sulfonamides is 1. The lowest BCUT2D eigenvalue weighted by Crippen LogP contribution is -2.54. The molecular weight excluding hydrogens is 356 g/mol. The fourth-order valence-corrected chi connectivity index (χ4v) is 4.05. The molecule has 1 aliphatic carbocycles. The Morgan fingerprint density at radius 3 is 2.19 bits per heavy atom. The number of nitrogens with one attached hydrogen (secondary N) is 2. The zero-order valence-electron chi connectivity index (χ0n) is 14.5. The number of rotatable bonds is 7. The normalized spacial score (nSPS) is 17.1. The van der Waals surface area contributed by atoms with E-state index in [1.165, 1.54) is 30.3 Å². The van der Waals surface area contributed by atoms with Gasteiger partial charge in [0.25, 0.3) is 5.91 Å². The first kappa shape index (κ1) is 20.1. The minimum atomic E-state index is -3.67. The monoisotopic (exact) mass is 380 g/mol. The number of aliphatic carboxylic acids is 1. The van der Waals surface area contributed by atoms with Crippen LogP contribution in [0.3, 0.4) is 0 Å². The maximum absolute atomic E-state index is 12.5. The SMILES string of the molecule is C=CCNS(=O)(=O)c1ccc(C(=O)NC2(C(=O)O)CCCCCC2)cc1. The number of carboxylic acids is 1. The van der Waals surface area contributed by atoms with E-state index in [1.54, 1.807) is 0 Å². The average Bonchev–Trinajstić information content (AvgIpc) is 2.86. The van der Waals surface area contributed by atoms with Crippen LogP contribution in [-0.4, -0.2) is 37.5 Å². The predicted molar refractivity (Wildman–Crippen MR) is 97.4 cm³/mol. The van der Waals surface area contributed by atoms with E-state index in [0.29, 0.717) is 12.8 Å². The number of carboxylic acid groups (broad SMARTS) is 1. The molecule has 0 saturated heterocycles. The van der Waals surface area contributed by atoms with Crippen LogP contribution < -0.4 is 10.0 Å². The molecule has 1 aromatic carbocycles. The molecule has 8 heteroatoms. The Morgan fingerprint density at radius 1 is 1.12 bits per heavy atom. The molecule has 1 amide bonds. The van der Waals surface area contributed by atoms with Crippen molar-refractivity contribution < 1.29 is 23.1 Å². The molecule has 0 heterocycles. The largest absolute Gasteiger partial charge is 0.480 e. The van der Waals surface area contributed by atoms with Gasteiger partial charge in [0.05, 0.1) is 4.90 Å². The Bertz CT molecular complexity index is 763. The molecule has 1 aliphatic rings. The molecule has 142 valence electrons. The maximum atomic E-state index is 12.5. The van der Waals surface area contributed by atoms with E-state index in [9.17, 15) is 23.1 Å². The summed E-state index contributed by atoms with van der Waals surface area (Å²) in [6.07, 6.45) is 5.62. The quantitative estimate of drug-likeness (QED) is 0.495. The Morgan fingerprint density at radius 2 is 1.69 bits per heavy atom. The second-order valence-corrected chi connectivity index (χ2v) is 8.19. The van der Waals surface area contributed by atoms with E-state index in [1.807, 2.05) is 0 Å². The van der Waals surface area contributed by atoms with Crippen molar-refractivity contribution in [1.29, 1.82) is 0 Å². The third kappa shape index (κ3) is 4.70. The lowest BCUT2D eigenvalue weighted by atomic mass is 9.90. The Balaban J connectivity index is 2.16. The van der Waals surface area contributed by atoms with Crippen LogP contribution >= 0.6 is 0 Å². The van der Waals surface area contributed by atoms with Crippen molar-refractivity contribution in [2.24, 2.45) is 0 Å². The molecular formula is C18H24N2O5S. The van der Waals surface area contributed by atoms with Crippen molar-refractivity contribution in [3.05, 3.63) is 42.5 Å². The Hall–Kier alpha value is -2.19. The number of amides is 1. The lowest BCUT2D eigenvalue weighted by molar-refractivity contribution is -0.145. The molecule has 2 rings (SSSR count). The molecule has 0 aliphatic heterocycles. The number of benzene rings is 1. The number of hydrogen-bond acceptors (Lipinski definition) is 4. The molecule has 0 atom stereocenters. The standard InChI is InChI=1S/C18H24N2O5S/c1-2-13-19-26(24,25)15-9-7-14(8-10-15)16(21)20-18(17(22)23)11-5-3-4-6-12-18/h2,7-10,19H,1,3-6,11-13H2,(H,20,21)(H,22,23). The fraction of sp³-hybridized carbons (Fsp3) is 0.444. The molecule has 7 nitrogen and oxygen atoms in total. The second-order valence-electron chi connectivity index (χ2n) is 6.42. The number of carbonyl (C=O) groups excluding carboxylic acids is 1. The third-order valence-electron chi connectivity index (χ3n) is 4.56. The van der Waals surface area contributed by atoms with Crippen LogP contribution in [0.4, 0.5) is 0 Å². The molecule has 1 saturated carbocycles. The van der Waals surface area contributed by atoms with E-state index in [2.05, 4.69) is 16.6 Å². The number of carbonyl (C=O) groups is 2. The van der Waals surface area contributed by atoms with E-state index in [-0.39, 0.29) is 17.0 Å². The Labute approximate surface area is 153 Å². The van der Waals surface area contributed by atoms with E-state index in [0.717, 1.165) is 25.7 Å². The van der Waals surface area contributed by atoms with E-state index < -0.39 is 27.4 Å². The summed E-state index contributed by atoms with van der Waals surface area (Å²) in [7, 11) is -3.67. The molecule has 0 unspecified atom stereocenters. The summed E-state index contributed by atoms with van der Waals surface area (Å²) in [5.74, 6) is -1.54. The van der Waals surface area contributed by atoms with Crippen molar-refractivity contribution in [1.82, 2.24) is 10.0 Å². The van der Waals surface area contributed by atoms with Gasteiger partial charge in [0.2, 0.25) is 10.0 Å². The second kappa shape index (κ2) is 8.46. The van der Waals surface area contributed by atoms with Gasteiger partial charge in [-0.05, 0) is 37.1 Å². The summed E-state index contributed by atoms with van der Waals surface area (Å²) >= 11 is 0. The summed E-state index contributed by atoms with van der Waals surface area (Å²) in [6, 6.07) is 5.40. The van der Waals surface area contributed by atoms with Gasteiger partial charge < -0.3 is 10.4 Å². The predicted octanol–water partition coefficient (Wildman–Crippen LogP) is 2.06. The third-order valence-corrected chi connectivity index (χ3v) is 6.00. The van der Waals surface area contributed by atoms with Crippen LogP contribution in [0.2, 0.25) is 0 Å². The number of hydrogen-bond donors (Lipinski definition) is 3. The zero-order chi connectivity index (χ0) is 19.2. The van der Waals surface area contributed by atoms with Crippen molar-refractivity contribution in [3.63, 3.8) is 0 Å². The van der Waals surface area contributed by atoms with Gasteiger partial charge in [-0.15, -0.1) is 6.58 Å². The molecule has 3 N–H and O–H groups in total. The maximum Gasteiger partial charge on any atom is 0.329 e. The van der Waals surface area contributed by atoms with Gasteiger partial charge in [0.15, 0.2) is 0 Å². The smallest absolute Gasteiger partial charge is 0.329 e. The van der Waals surface area contributed by atoms with Crippen LogP contribution in [0.15, 0.2) is 41.8 Å². The van der Waals surface area contributed by atoms with E-state index in [4.69, 9.17) is 0 Å². The molecule has 0 aromatic heterocycles. The van der Waals surface area contributed by atoms with Gasteiger partial charge in [-0.1, -0.05) is 31.8 Å².